The van der Waals surface area contributed by atoms with Gasteiger partial charge in [-0.05, 0) is 17.0 Å². The summed E-state index contributed by atoms with van der Waals surface area (Å²) in [6.07, 6.45) is 2.28. The molecular weight excluding hydrogens is 266 g/mol. The van der Waals surface area contributed by atoms with Crippen molar-refractivity contribution in [3.8, 4) is 0 Å². The Labute approximate surface area is 124 Å². The number of hydrogen-bond acceptors (Lipinski definition) is 4. The zero-order valence-electron chi connectivity index (χ0n) is 12.3. The van der Waals surface area contributed by atoms with Crippen molar-refractivity contribution >= 4 is 5.97 Å². The highest BCUT2D eigenvalue weighted by Crippen LogP contribution is 2.20. The SMILES string of the molecule is CC(C)c1cccc(COC(=O)C2Cc3nncn3C2)c1. The van der Waals surface area contributed by atoms with E-state index in [2.05, 4.69) is 36.2 Å². The third-order valence-electron chi connectivity index (χ3n) is 3.87. The van der Waals surface area contributed by atoms with E-state index in [1.165, 1.54) is 5.56 Å². The van der Waals surface area contributed by atoms with E-state index in [0.717, 1.165) is 11.4 Å². The molecule has 5 heteroatoms. The minimum atomic E-state index is -0.157. The van der Waals surface area contributed by atoms with Gasteiger partial charge in [0.15, 0.2) is 0 Å². The molecule has 0 saturated carbocycles. The fraction of sp³-hybridized carbons (Fsp3) is 0.438. The Morgan fingerprint density at radius 3 is 3.10 bits per heavy atom. The van der Waals surface area contributed by atoms with Crippen molar-refractivity contribution in [3.05, 3.63) is 47.5 Å². The van der Waals surface area contributed by atoms with Gasteiger partial charge in [-0.1, -0.05) is 38.1 Å². The predicted octanol–water partition coefficient (Wildman–Crippen LogP) is 2.32. The molecule has 1 unspecified atom stereocenters. The number of nitrogens with zero attached hydrogens (tertiary/aromatic N) is 3. The van der Waals surface area contributed by atoms with Gasteiger partial charge < -0.3 is 9.30 Å². The van der Waals surface area contributed by atoms with Crippen LogP contribution >= 0.6 is 0 Å². The van der Waals surface area contributed by atoms with Crippen molar-refractivity contribution in [2.24, 2.45) is 5.92 Å². The molecule has 5 nitrogen and oxygen atoms in total. The summed E-state index contributed by atoms with van der Waals surface area (Å²) in [4.78, 5) is 12.1. The average Bonchev–Trinajstić information content (AvgIpc) is 3.06. The van der Waals surface area contributed by atoms with Crippen LogP contribution in [-0.4, -0.2) is 20.7 Å². The van der Waals surface area contributed by atoms with Crippen LogP contribution in [-0.2, 0) is 29.1 Å². The van der Waals surface area contributed by atoms with Gasteiger partial charge >= 0.3 is 5.97 Å². The van der Waals surface area contributed by atoms with E-state index < -0.39 is 0 Å². The van der Waals surface area contributed by atoms with Crippen molar-refractivity contribution in [2.45, 2.75) is 39.3 Å². The second-order valence-electron chi connectivity index (χ2n) is 5.81. The number of carbonyl (C=O) groups is 1. The van der Waals surface area contributed by atoms with Crippen molar-refractivity contribution in [1.82, 2.24) is 14.8 Å². The van der Waals surface area contributed by atoms with Crippen LogP contribution in [0.4, 0.5) is 0 Å². The highest BCUT2D eigenvalue weighted by Gasteiger charge is 2.29. The molecule has 1 aromatic carbocycles. The van der Waals surface area contributed by atoms with Crippen LogP contribution in [0.25, 0.3) is 0 Å². The number of fused-ring (bicyclic) bond motifs is 1. The smallest absolute Gasteiger partial charge is 0.311 e. The molecule has 21 heavy (non-hydrogen) atoms. The highest BCUT2D eigenvalue weighted by atomic mass is 16.5. The predicted molar refractivity (Wildman–Crippen MR) is 77.5 cm³/mol. The molecule has 1 aliphatic heterocycles. The van der Waals surface area contributed by atoms with Crippen molar-refractivity contribution in [1.29, 1.82) is 0 Å². The molecule has 0 saturated heterocycles. The van der Waals surface area contributed by atoms with Crippen LogP contribution < -0.4 is 0 Å². The maximum absolute atomic E-state index is 12.1. The number of aromatic nitrogens is 3. The molecule has 2 aromatic rings. The molecule has 0 amide bonds. The summed E-state index contributed by atoms with van der Waals surface area (Å²) in [6, 6.07) is 8.19. The highest BCUT2D eigenvalue weighted by molar-refractivity contribution is 5.73. The van der Waals surface area contributed by atoms with Crippen molar-refractivity contribution < 1.29 is 9.53 Å². The van der Waals surface area contributed by atoms with E-state index >= 15 is 0 Å². The molecule has 1 aromatic heterocycles. The minimum Gasteiger partial charge on any atom is -0.461 e. The Morgan fingerprint density at radius 2 is 2.33 bits per heavy atom. The summed E-state index contributed by atoms with van der Waals surface area (Å²) in [5, 5.41) is 7.80. The molecule has 0 fully saturated rings. The van der Waals surface area contributed by atoms with Gasteiger partial charge in [-0.3, -0.25) is 4.79 Å². The Morgan fingerprint density at radius 1 is 1.48 bits per heavy atom. The normalized spacial score (nSPS) is 17.0. The minimum absolute atomic E-state index is 0.135. The van der Waals surface area contributed by atoms with Crippen molar-refractivity contribution in [3.63, 3.8) is 0 Å². The molecule has 0 aliphatic carbocycles. The maximum atomic E-state index is 12.1. The fourth-order valence-electron chi connectivity index (χ4n) is 2.58. The number of rotatable bonds is 4. The van der Waals surface area contributed by atoms with E-state index in [1.807, 2.05) is 16.7 Å². The summed E-state index contributed by atoms with van der Waals surface area (Å²) in [5.41, 5.74) is 2.29. The first-order valence-corrected chi connectivity index (χ1v) is 7.25. The van der Waals surface area contributed by atoms with Gasteiger partial charge in [0.1, 0.15) is 18.8 Å². The number of carbonyl (C=O) groups excluding carboxylic acids is 1. The molecule has 3 rings (SSSR count). The molecular formula is C16H19N3O2. The number of ether oxygens (including phenoxy) is 1. The van der Waals surface area contributed by atoms with Gasteiger partial charge in [-0.2, -0.15) is 0 Å². The largest absolute Gasteiger partial charge is 0.461 e. The van der Waals surface area contributed by atoms with E-state index in [-0.39, 0.29) is 11.9 Å². The quantitative estimate of drug-likeness (QED) is 0.809. The topological polar surface area (TPSA) is 57.0 Å². The van der Waals surface area contributed by atoms with Crippen LogP contribution in [0.2, 0.25) is 0 Å². The van der Waals surface area contributed by atoms with Gasteiger partial charge in [0.25, 0.3) is 0 Å². The number of benzene rings is 1. The summed E-state index contributed by atoms with van der Waals surface area (Å²) in [5.74, 6) is 1.04. The summed E-state index contributed by atoms with van der Waals surface area (Å²) >= 11 is 0. The van der Waals surface area contributed by atoms with Crippen LogP contribution in [0, 0.1) is 5.92 Å². The Hall–Kier alpha value is -2.17. The van der Waals surface area contributed by atoms with Gasteiger partial charge in [0.05, 0.1) is 5.92 Å². The lowest BCUT2D eigenvalue weighted by molar-refractivity contribution is -0.149. The zero-order valence-corrected chi connectivity index (χ0v) is 12.3. The number of esters is 1. The van der Waals surface area contributed by atoms with Crippen LogP contribution in [0.3, 0.4) is 0 Å². The molecule has 0 radical (unpaired) electrons. The summed E-state index contributed by atoms with van der Waals surface area (Å²) in [6.45, 7) is 5.25. The Balaban J connectivity index is 1.57. The molecule has 1 atom stereocenters. The molecule has 0 spiro atoms. The first kappa shape index (κ1) is 13.8. The Kier molecular flexibility index (Phi) is 3.73. The van der Waals surface area contributed by atoms with E-state index in [9.17, 15) is 4.79 Å². The molecule has 1 aliphatic rings. The second-order valence-corrected chi connectivity index (χ2v) is 5.81. The average molecular weight is 285 g/mol. The fourth-order valence-corrected chi connectivity index (χ4v) is 2.58. The van der Waals surface area contributed by atoms with Crippen LogP contribution in [0.5, 0.6) is 0 Å². The third kappa shape index (κ3) is 2.96. The number of hydrogen-bond donors (Lipinski definition) is 0. The Bertz CT molecular complexity index is 628. The van der Waals surface area contributed by atoms with Crippen molar-refractivity contribution in [2.75, 3.05) is 0 Å². The lowest BCUT2D eigenvalue weighted by Gasteiger charge is -2.11. The van der Waals surface area contributed by atoms with Gasteiger partial charge in [0, 0.05) is 13.0 Å². The third-order valence-corrected chi connectivity index (χ3v) is 3.87. The molecule has 0 bridgehead atoms. The lowest BCUT2D eigenvalue weighted by Crippen LogP contribution is -2.19. The molecule has 110 valence electrons. The van der Waals surface area contributed by atoms with Gasteiger partial charge in [-0.15, -0.1) is 10.2 Å². The van der Waals surface area contributed by atoms with Gasteiger partial charge in [-0.25, -0.2) is 0 Å². The van der Waals surface area contributed by atoms with Gasteiger partial charge in [0.2, 0.25) is 0 Å². The van der Waals surface area contributed by atoms with Crippen LogP contribution in [0.15, 0.2) is 30.6 Å². The first-order valence-electron chi connectivity index (χ1n) is 7.25. The zero-order chi connectivity index (χ0) is 14.8. The van der Waals surface area contributed by atoms with E-state index in [0.29, 0.717) is 25.5 Å². The maximum Gasteiger partial charge on any atom is 0.311 e. The second kappa shape index (κ2) is 5.68. The summed E-state index contributed by atoms with van der Waals surface area (Å²) in [7, 11) is 0. The first-order chi connectivity index (χ1) is 10.1. The standard InChI is InChI=1S/C16H19N3O2/c1-11(2)13-5-3-4-12(6-13)9-21-16(20)14-7-15-18-17-10-19(15)8-14/h3-6,10-11,14H,7-9H2,1-2H3. The molecule has 2 heterocycles. The lowest BCUT2D eigenvalue weighted by atomic mass is 10.0. The van der Waals surface area contributed by atoms with E-state index in [1.54, 1.807) is 6.33 Å². The monoisotopic (exact) mass is 285 g/mol. The molecule has 0 N–H and O–H groups in total. The summed E-state index contributed by atoms with van der Waals surface area (Å²) < 4.78 is 7.35. The van der Waals surface area contributed by atoms with Crippen LogP contribution in [0.1, 0.15) is 36.7 Å². The van der Waals surface area contributed by atoms with E-state index in [4.69, 9.17) is 4.74 Å².